The largest absolute Gasteiger partial charge is 0.406 e. The maximum Gasteiger partial charge on any atom is 0.406 e. The summed E-state index contributed by atoms with van der Waals surface area (Å²) in [5.41, 5.74) is 0.537. The highest BCUT2D eigenvalue weighted by Crippen LogP contribution is 2.19. The summed E-state index contributed by atoms with van der Waals surface area (Å²) in [6.07, 6.45) is -4.41. The second-order valence-electron chi connectivity index (χ2n) is 5.07. The van der Waals surface area contributed by atoms with Gasteiger partial charge in [0, 0.05) is 19.6 Å². The number of amides is 1. The van der Waals surface area contributed by atoms with Crippen LogP contribution in [-0.4, -0.2) is 48.1 Å². The van der Waals surface area contributed by atoms with Gasteiger partial charge in [-0.1, -0.05) is 6.07 Å². The first-order valence-corrected chi connectivity index (χ1v) is 6.54. The Hall–Kier alpha value is -2.14. The van der Waals surface area contributed by atoms with Crippen LogP contribution in [0.2, 0.25) is 0 Å². The molecule has 0 radical (unpaired) electrons. The fourth-order valence-corrected chi connectivity index (χ4v) is 2.29. The second kappa shape index (κ2) is 6.32. The molecule has 1 amide bonds. The molecule has 0 saturated carbocycles. The Balaban J connectivity index is 1.97. The average Bonchev–Trinajstić information content (AvgIpc) is 2.43. The summed E-state index contributed by atoms with van der Waals surface area (Å²) in [5, 5.41) is 8.76. The average molecular weight is 315 g/mol. The zero-order chi connectivity index (χ0) is 16.3. The zero-order valence-corrected chi connectivity index (χ0v) is 11.5. The van der Waals surface area contributed by atoms with Gasteiger partial charge in [-0.05, 0) is 17.7 Å². The van der Waals surface area contributed by atoms with E-state index in [1.807, 2.05) is 0 Å². The molecular weight excluding hydrogens is 302 g/mol. The van der Waals surface area contributed by atoms with Crippen LogP contribution in [-0.2, 0) is 11.3 Å². The fraction of sp³-hybridized carbons (Fsp3) is 0.429. The first-order valence-electron chi connectivity index (χ1n) is 6.54. The molecule has 22 heavy (non-hydrogen) atoms. The molecule has 1 aromatic carbocycles. The number of alkyl halides is 3. The van der Waals surface area contributed by atoms with Crippen molar-refractivity contribution in [2.75, 3.05) is 26.2 Å². The minimum absolute atomic E-state index is 0.00928. The summed E-state index contributed by atoms with van der Waals surface area (Å²) >= 11 is 0. The van der Waals surface area contributed by atoms with Crippen LogP contribution in [0.15, 0.2) is 18.2 Å². The van der Waals surface area contributed by atoms with Gasteiger partial charge in [0.25, 0.3) is 0 Å². The lowest BCUT2D eigenvalue weighted by Crippen LogP contribution is -2.52. The number of hydrogen-bond acceptors (Lipinski definition) is 3. The Morgan fingerprint density at radius 1 is 1.27 bits per heavy atom. The van der Waals surface area contributed by atoms with E-state index in [2.05, 4.69) is 0 Å². The van der Waals surface area contributed by atoms with Crippen LogP contribution in [0.25, 0.3) is 0 Å². The van der Waals surface area contributed by atoms with Crippen molar-refractivity contribution >= 4 is 5.91 Å². The lowest BCUT2D eigenvalue weighted by Gasteiger charge is -2.34. The van der Waals surface area contributed by atoms with E-state index in [1.54, 1.807) is 11.0 Å². The van der Waals surface area contributed by atoms with Crippen molar-refractivity contribution < 1.29 is 22.4 Å². The predicted molar refractivity (Wildman–Crippen MR) is 69.0 cm³/mol. The van der Waals surface area contributed by atoms with E-state index in [4.69, 9.17) is 5.26 Å². The van der Waals surface area contributed by atoms with Gasteiger partial charge in [0.15, 0.2) is 0 Å². The third-order valence-corrected chi connectivity index (χ3v) is 3.33. The molecule has 1 aliphatic rings. The quantitative estimate of drug-likeness (QED) is 0.801. The molecule has 8 heteroatoms. The summed E-state index contributed by atoms with van der Waals surface area (Å²) in [7, 11) is 0. The van der Waals surface area contributed by atoms with Gasteiger partial charge in [-0.3, -0.25) is 9.69 Å². The van der Waals surface area contributed by atoms with E-state index in [1.165, 1.54) is 12.1 Å². The summed E-state index contributed by atoms with van der Waals surface area (Å²) in [6.45, 7) is -0.809. The van der Waals surface area contributed by atoms with E-state index in [9.17, 15) is 22.4 Å². The van der Waals surface area contributed by atoms with Crippen LogP contribution in [0.1, 0.15) is 11.1 Å². The lowest BCUT2D eigenvalue weighted by molar-refractivity contribution is -0.165. The number of nitrogens with zero attached hydrogens (tertiary/aromatic N) is 3. The standard InChI is InChI=1S/C14H13F4N3O/c15-12-2-1-10(5-11(12)6-19)7-20-3-4-21(13(22)8-20)9-14(16,17)18/h1-2,5H,3-4,7-9H2. The van der Waals surface area contributed by atoms with E-state index < -0.39 is 24.4 Å². The van der Waals surface area contributed by atoms with Crippen molar-refractivity contribution in [2.24, 2.45) is 0 Å². The summed E-state index contributed by atoms with van der Waals surface area (Å²) in [4.78, 5) is 14.2. The molecule has 1 fully saturated rings. The highest BCUT2D eigenvalue weighted by atomic mass is 19.4. The van der Waals surface area contributed by atoms with Crippen molar-refractivity contribution in [3.63, 3.8) is 0 Å². The molecule has 4 nitrogen and oxygen atoms in total. The van der Waals surface area contributed by atoms with Gasteiger partial charge in [0.2, 0.25) is 5.91 Å². The van der Waals surface area contributed by atoms with Crippen LogP contribution in [0.3, 0.4) is 0 Å². The van der Waals surface area contributed by atoms with E-state index in [0.717, 1.165) is 11.0 Å². The molecule has 0 bridgehead atoms. The smallest absolute Gasteiger partial charge is 0.331 e. The van der Waals surface area contributed by atoms with Gasteiger partial charge in [-0.2, -0.15) is 18.4 Å². The number of rotatable bonds is 3. The van der Waals surface area contributed by atoms with Crippen LogP contribution < -0.4 is 0 Å². The number of hydrogen-bond donors (Lipinski definition) is 0. The summed E-state index contributed by atoms with van der Waals surface area (Å²) in [5.74, 6) is -1.22. The van der Waals surface area contributed by atoms with E-state index >= 15 is 0 Å². The highest BCUT2D eigenvalue weighted by Gasteiger charge is 2.35. The Labute approximate surface area is 124 Å². The predicted octanol–water partition coefficient (Wildman–Crippen LogP) is 1.90. The second-order valence-corrected chi connectivity index (χ2v) is 5.07. The molecule has 1 heterocycles. The summed E-state index contributed by atoms with van der Waals surface area (Å²) < 4.78 is 50.1. The number of halogens is 4. The van der Waals surface area contributed by atoms with E-state index in [0.29, 0.717) is 12.1 Å². The maximum atomic E-state index is 13.2. The topological polar surface area (TPSA) is 47.3 Å². The fourth-order valence-electron chi connectivity index (χ4n) is 2.29. The highest BCUT2D eigenvalue weighted by molar-refractivity contribution is 5.79. The molecule has 0 spiro atoms. The van der Waals surface area contributed by atoms with Gasteiger partial charge in [0.05, 0.1) is 12.1 Å². The molecule has 1 aromatic rings. The van der Waals surface area contributed by atoms with Crippen LogP contribution in [0.5, 0.6) is 0 Å². The molecule has 118 valence electrons. The Morgan fingerprint density at radius 2 is 2.00 bits per heavy atom. The van der Waals surface area contributed by atoms with Crippen molar-refractivity contribution in [2.45, 2.75) is 12.7 Å². The summed E-state index contributed by atoms with van der Waals surface area (Å²) in [6, 6.07) is 5.75. The van der Waals surface area contributed by atoms with Crippen LogP contribution in [0, 0.1) is 17.1 Å². The van der Waals surface area contributed by atoms with Gasteiger partial charge in [-0.25, -0.2) is 4.39 Å². The first-order chi connectivity index (χ1) is 10.3. The van der Waals surface area contributed by atoms with Gasteiger partial charge in [-0.15, -0.1) is 0 Å². The van der Waals surface area contributed by atoms with Crippen molar-refractivity contribution in [1.29, 1.82) is 5.26 Å². The molecular formula is C14H13F4N3O. The Kier molecular flexibility index (Phi) is 4.66. The Morgan fingerprint density at radius 3 is 2.59 bits per heavy atom. The lowest BCUT2D eigenvalue weighted by atomic mass is 10.1. The normalized spacial score (nSPS) is 16.7. The molecule has 1 aliphatic heterocycles. The number of carbonyl (C=O) groups excluding carboxylic acids is 1. The van der Waals surface area contributed by atoms with Crippen LogP contribution >= 0.6 is 0 Å². The molecule has 0 atom stereocenters. The maximum absolute atomic E-state index is 13.2. The van der Waals surface area contributed by atoms with Crippen molar-refractivity contribution in [3.05, 3.63) is 35.1 Å². The number of benzene rings is 1. The van der Waals surface area contributed by atoms with Crippen LogP contribution in [0.4, 0.5) is 17.6 Å². The van der Waals surface area contributed by atoms with Crippen molar-refractivity contribution in [1.82, 2.24) is 9.80 Å². The molecule has 0 unspecified atom stereocenters. The third-order valence-electron chi connectivity index (χ3n) is 3.33. The molecule has 1 saturated heterocycles. The Bertz CT molecular complexity index is 609. The van der Waals surface area contributed by atoms with Gasteiger partial charge in [0.1, 0.15) is 18.4 Å². The minimum Gasteiger partial charge on any atom is -0.331 e. The molecule has 0 aromatic heterocycles. The van der Waals surface area contributed by atoms with Gasteiger partial charge >= 0.3 is 6.18 Å². The monoisotopic (exact) mass is 315 g/mol. The van der Waals surface area contributed by atoms with Gasteiger partial charge < -0.3 is 4.90 Å². The minimum atomic E-state index is -4.41. The van der Waals surface area contributed by atoms with Crippen molar-refractivity contribution in [3.8, 4) is 6.07 Å². The molecule has 2 rings (SSSR count). The molecule has 0 N–H and O–H groups in total. The number of nitriles is 1. The zero-order valence-electron chi connectivity index (χ0n) is 11.5. The SMILES string of the molecule is N#Cc1cc(CN2CCN(CC(F)(F)F)C(=O)C2)ccc1F. The number of piperazine rings is 1. The van der Waals surface area contributed by atoms with E-state index in [-0.39, 0.29) is 25.2 Å². The number of carbonyl (C=O) groups is 1. The molecule has 0 aliphatic carbocycles. The first kappa shape index (κ1) is 16.2. The third kappa shape index (κ3) is 4.18.